The Morgan fingerprint density at radius 3 is 2.28 bits per heavy atom. The summed E-state index contributed by atoms with van der Waals surface area (Å²) in [6, 6.07) is 17.2. The summed E-state index contributed by atoms with van der Waals surface area (Å²) in [5.74, 6) is 0.553. The first-order chi connectivity index (χ1) is 12.0. The van der Waals surface area contributed by atoms with E-state index in [1.54, 1.807) is 28.6 Å². The first-order valence-corrected chi connectivity index (χ1v) is 9.89. The van der Waals surface area contributed by atoms with Crippen molar-refractivity contribution in [1.82, 2.24) is 9.21 Å². The number of piperazine rings is 1. The van der Waals surface area contributed by atoms with Crippen LogP contribution < -0.4 is 4.74 Å². The lowest BCUT2D eigenvalue weighted by molar-refractivity contribution is 0.146. The number of rotatable bonds is 5. The minimum absolute atomic E-state index is 0.280. The lowest BCUT2D eigenvalue weighted by atomic mass is 10.1. The van der Waals surface area contributed by atoms with Gasteiger partial charge in [-0.2, -0.15) is 4.31 Å². The van der Waals surface area contributed by atoms with Gasteiger partial charge in [0.25, 0.3) is 0 Å². The van der Waals surface area contributed by atoms with Crippen LogP contribution in [0.3, 0.4) is 0 Å². The fourth-order valence-corrected chi connectivity index (χ4v) is 4.64. The second-order valence-corrected chi connectivity index (χ2v) is 8.14. The van der Waals surface area contributed by atoms with Gasteiger partial charge in [0, 0.05) is 38.3 Å². The highest BCUT2D eigenvalue weighted by Crippen LogP contribution is 2.25. The van der Waals surface area contributed by atoms with Gasteiger partial charge in [0.1, 0.15) is 5.75 Å². The quantitative estimate of drug-likeness (QED) is 0.823. The number of benzene rings is 2. The number of hydrogen-bond acceptors (Lipinski definition) is 4. The monoisotopic (exact) mass is 360 g/mol. The van der Waals surface area contributed by atoms with Gasteiger partial charge >= 0.3 is 0 Å². The van der Waals surface area contributed by atoms with Gasteiger partial charge in [-0.25, -0.2) is 8.42 Å². The number of nitrogens with zero attached hydrogens (tertiary/aromatic N) is 2. The van der Waals surface area contributed by atoms with E-state index in [4.69, 9.17) is 4.74 Å². The van der Waals surface area contributed by atoms with Crippen molar-refractivity contribution in [2.75, 3.05) is 33.3 Å². The fourth-order valence-electron chi connectivity index (χ4n) is 3.18. The Balaban J connectivity index is 1.69. The third-order valence-corrected chi connectivity index (χ3v) is 6.68. The molecule has 0 bridgehead atoms. The summed E-state index contributed by atoms with van der Waals surface area (Å²) in [5, 5.41) is 0. The summed E-state index contributed by atoms with van der Waals surface area (Å²) < 4.78 is 32.4. The number of methoxy groups -OCH3 is 1. The molecule has 5 nitrogen and oxygen atoms in total. The van der Waals surface area contributed by atoms with E-state index >= 15 is 0 Å². The molecule has 6 heteroatoms. The molecule has 0 N–H and O–H groups in total. The average molecular weight is 360 g/mol. The predicted octanol–water partition coefficient (Wildman–Crippen LogP) is 2.76. The summed E-state index contributed by atoms with van der Waals surface area (Å²) >= 11 is 0. The Labute approximate surface area is 149 Å². The van der Waals surface area contributed by atoms with E-state index in [9.17, 15) is 8.42 Å². The molecule has 0 aliphatic carbocycles. The van der Waals surface area contributed by atoms with Crippen molar-refractivity contribution in [3.8, 4) is 5.75 Å². The SMILES string of the molecule is COc1cccc(S(=O)(=O)N2CCN(C(C)c3ccccc3)CC2)c1. The molecule has 0 spiro atoms. The Morgan fingerprint density at radius 2 is 1.64 bits per heavy atom. The van der Waals surface area contributed by atoms with Crippen LogP contribution in [-0.4, -0.2) is 50.9 Å². The van der Waals surface area contributed by atoms with Crippen LogP contribution >= 0.6 is 0 Å². The van der Waals surface area contributed by atoms with Gasteiger partial charge < -0.3 is 4.74 Å². The van der Waals surface area contributed by atoms with Crippen LogP contribution in [0.1, 0.15) is 18.5 Å². The summed E-state index contributed by atoms with van der Waals surface area (Å²) in [5.41, 5.74) is 1.26. The standard InChI is InChI=1S/C19H24N2O3S/c1-16(17-7-4-3-5-8-17)20-11-13-21(14-12-20)25(22,23)19-10-6-9-18(15-19)24-2/h3-10,15-16H,11-14H2,1-2H3. The van der Waals surface area contributed by atoms with E-state index in [1.165, 1.54) is 12.7 Å². The third kappa shape index (κ3) is 3.86. The fraction of sp³-hybridized carbons (Fsp3) is 0.368. The molecule has 1 heterocycles. The van der Waals surface area contributed by atoms with E-state index in [0.717, 1.165) is 13.1 Å². The van der Waals surface area contributed by atoms with Crippen LogP contribution in [-0.2, 0) is 10.0 Å². The predicted molar refractivity (Wildman–Crippen MR) is 98.2 cm³/mol. The zero-order valence-electron chi connectivity index (χ0n) is 14.6. The lowest BCUT2D eigenvalue weighted by Gasteiger charge is -2.37. The van der Waals surface area contributed by atoms with Gasteiger partial charge in [-0.05, 0) is 24.6 Å². The largest absolute Gasteiger partial charge is 0.497 e. The molecule has 25 heavy (non-hydrogen) atoms. The summed E-state index contributed by atoms with van der Waals surface area (Å²) in [4.78, 5) is 2.61. The first-order valence-electron chi connectivity index (χ1n) is 8.45. The number of sulfonamides is 1. The molecule has 1 unspecified atom stereocenters. The van der Waals surface area contributed by atoms with E-state index in [2.05, 4.69) is 24.0 Å². The highest BCUT2D eigenvalue weighted by molar-refractivity contribution is 7.89. The number of ether oxygens (including phenoxy) is 1. The Kier molecular flexibility index (Phi) is 5.42. The van der Waals surface area contributed by atoms with Crippen LogP contribution in [0, 0.1) is 0 Å². The number of hydrogen-bond donors (Lipinski definition) is 0. The molecular weight excluding hydrogens is 336 g/mol. The van der Waals surface area contributed by atoms with Crippen molar-refractivity contribution >= 4 is 10.0 Å². The van der Waals surface area contributed by atoms with E-state index in [-0.39, 0.29) is 10.9 Å². The normalized spacial score (nSPS) is 18.0. The molecule has 1 saturated heterocycles. The smallest absolute Gasteiger partial charge is 0.243 e. The van der Waals surface area contributed by atoms with Crippen LogP contribution in [0.25, 0.3) is 0 Å². The molecule has 0 radical (unpaired) electrons. The first kappa shape index (κ1) is 17.9. The second kappa shape index (κ2) is 7.56. The van der Waals surface area contributed by atoms with Gasteiger partial charge in [-0.1, -0.05) is 36.4 Å². The average Bonchev–Trinajstić information content (AvgIpc) is 2.68. The molecule has 2 aromatic rings. The third-order valence-electron chi connectivity index (χ3n) is 4.78. The topological polar surface area (TPSA) is 49.9 Å². The molecule has 134 valence electrons. The molecule has 1 atom stereocenters. The van der Waals surface area contributed by atoms with Crippen molar-refractivity contribution in [2.45, 2.75) is 17.9 Å². The van der Waals surface area contributed by atoms with Crippen LogP contribution in [0.15, 0.2) is 59.5 Å². The maximum Gasteiger partial charge on any atom is 0.243 e. The maximum atomic E-state index is 12.9. The Morgan fingerprint density at radius 1 is 0.960 bits per heavy atom. The van der Waals surface area contributed by atoms with Gasteiger partial charge in [0.05, 0.1) is 12.0 Å². The molecular formula is C19H24N2O3S. The van der Waals surface area contributed by atoms with Crippen molar-refractivity contribution < 1.29 is 13.2 Å². The van der Waals surface area contributed by atoms with Gasteiger partial charge in [-0.15, -0.1) is 0 Å². The second-order valence-electron chi connectivity index (χ2n) is 6.21. The van der Waals surface area contributed by atoms with Gasteiger partial charge in [-0.3, -0.25) is 4.90 Å². The van der Waals surface area contributed by atoms with Gasteiger partial charge in [0.15, 0.2) is 0 Å². The maximum absolute atomic E-state index is 12.9. The molecule has 1 aliphatic rings. The van der Waals surface area contributed by atoms with Crippen molar-refractivity contribution in [3.05, 3.63) is 60.2 Å². The zero-order valence-corrected chi connectivity index (χ0v) is 15.4. The molecule has 3 rings (SSSR count). The zero-order chi connectivity index (χ0) is 17.9. The van der Waals surface area contributed by atoms with E-state index < -0.39 is 10.0 Å². The molecule has 1 fully saturated rings. The Hall–Kier alpha value is -1.89. The van der Waals surface area contributed by atoms with Crippen molar-refractivity contribution in [3.63, 3.8) is 0 Å². The minimum atomic E-state index is -3.48. The highest BCUT2D eigenvalue weighted by atomic mass is 32.2. The molecule has 0 amide bonds. The van der Waals surface area contributed by atoms with Crippen LogP contribution in [0.5, 0.6) is 5.75 Å². The van der Waals surface area contributed by atoms with Gasteiger partial charge in [0.2, 0.25) is 10.0 Å². The van der Waals surface area contributed by atoms with Crippen molar-refractivity contribution in [2.24, 2.45) is 0 Å². The molecule has 0 aromatic heterocycles. The molecule has 2 aromatic carbocycles. The molecule has 1 aliphatic heterocycles. The van der Waals surface area contributed by atoms with Crippen LogP contribution in [0.4, 0.5) is 0 Å². The van der Waals surface area contributed by atoms with Crippen molar-refractivity contribution in [1.29, 1.82) is 0 Å². The Bertz CT molecular complexity index is 800. The highest BCUT2D eigenvalue weighted by Gasteiger charge is 2.30. The summed E-state index contributed by atoms with van der Waals surface area (Å²) in [6.07, 6.45) is 0. The lowest BCUT2D eigenvalue weighted by Crippen LogP contribution is -2.49. The van der Waals surface area contributed by atoms with E-state index in [0.29, 0.717) is 18.8 Å². The molecule has 0 saturated carbocycles. The summed E-state index contributed by atoms with van der Waals surface area (Å²) in [6.45, 7) is 4.60. The van der Waals surface area contributed by atoms with E-state index in [1.807, 2.05) is 18.2 Å². The summed E-state index contributed by atoms with van der Waals surface area (Å²) in [7, 11) is -1.94. The van der Waals surface area contributed by atoms with Crippen LogP contribution in [0.2, 0.25) is 0 Å². The minimum Gasteiger partial charge on any atom is -0.497 e.